The second-order valence-corrected chi connectivity index (χ2v) is 9.40. The first kappa shape index (κ1) is 24.4. The fourth-order valence-corrected chi connectivity index (χ4v) is 4.62. The van der Waals surface area contributed by atoms with E-state index in [1.165, 1.54) is 4.90 Å². The van der Waals surface area contributed by atoms with Crippen molar-refractivity contribution in [2.24, 2.45) is 0 Å². The maximum Gasteiger partial charge on any atom is 0.300 e. The lowest BCUT2D eigenvalue weighted by molar-refractivity contribution is -0.132. The molecule has 2 heterocycles. The molecule has 0 aliphatic carbocycles. The van der Waals surface area contributed by atoms with E-state index in [-0.39, 0.29) is 18.1 Å². The van der Waals surface area contributed by atoms with E-state index in [9.17, 15) is 14.7 Å². The predicted octanol–water partition coefficient (Wildman–Crippen LogP) is 5.95. The summed E-state index contributed by atoms with van der Waals surface area (Å²) in [4.78, 5) is 28.3. The second kappa shape index (κ2) is 10.0. The number of amides is 1. The molecule has 5 rings (SSSR count). The Morgan fingerprint density at radius 1 is 1.03 bits per heavy atom. The van der Waals surface area contributed by atoms with Gasteiger partial charge in [0.2, 0.25) is 6.79 Å². The summed E-state index contributed by atoms with van der Waals surface area (Å²) in [6.07, 6.45) is 0.837. The molecule has 0 aromatic heterocycles. The van der Waals surface area contributed by atoms with Crippen LogP contribution in [0.3, 0.4) is 0 Å². The third-order valence-electron chi connectivity index (χ3n) is 6.58. The standard InChI is InChI=1S/C30H29NO6/c1-4-14-35-23-7-5-6-21(15-23)28(32)26-27(20-10-8-19(9-11-20)18(2)3)31(30(34)29(26)33)22-12-13-24-25(16-22)37-17-36-24/h5-13,15-16,18,27,32H,4,14,17H2,1-3H3/b28-26+. The molecule has 7 nitrogen and oxygen atoms in total. The van der Waals surface area contributed by atoms with Crippen molar-refractivity contribution in [3.8, 4) is 17.2 Å². The average molecular weight is 500 g/mol. The third kappa shape index (κ3) is 4.53. The van der Waals surface area contributed by atoms with Crippen molar-refractivity contribution in [3.05, 3.63) is 89.0 Å². The summed E-state index contributed by atoms with van der Waals surface area (Å²) < 4.78 is 16.6. The topological polar surface area (TPSA) is 85.3 Å². The first-order valence-electron chi connectivity index (χ1n) is 12.4. The number of aliphatic hydroxyl groups is 1. The monoisotopic (exact) mass is 499 g/mol. The molecule has 190 valence electrons. The van der Waals surface area contributed by atoms with Gasteiger partial charge in [-0.15, -0.1) is 0 Å². The molecule has 1 atom stereocenters. The number of hydrogen-bond acceptors (Lipinski definition) is 6. The van der Waals surface area contributed by atoms with E-state index in [2.05, 4.69) is 13.8 Å². The number of rotatable bonds is 7. The van der Waals surface area contributed by atoms with Gasteiger partial charge in [0.1, 0.15) is 11.5 Å². The first-order valence-corrected chi connectivity index (χ1v) is 12.4. The zero-order chi connectivity index (χ0) is 26.1. The minimum absolute atomic E-state index is 0.0209. The van der Waals surface area contributed by atoms with Crippen LogP contribution in [0.25, 0.3) is 5.76 Å². The van der Waals surface area contributed by atoms with Crippen molar-refractivity contribution >= 4 is 23.1 Å². The summed E-state index contributed by atoms with van der Waals surface area (Å²) in [6.45, 7) is 6.82. The number of fused-ring (bicyclic) bond motifs is 1. The molecule has 0 bridgehead atoms. The molecule has 1 N–H and O–H groups in total. The largest absolute Gasteiger partial charge is 0.507 e. The molecule has 3 aromatic rings. The molecule has 1 amide bonds. The molecule has 0 saturated carbocycles. The lowest BCUT2D eigenvalue weighted by atomic mass is 9.93. The fourth-order valence-electron chi connectivity index (χ4n) is 4.62. The van der Waals surface area contributed by atoms with Crippen molar-refractivity contribution in [1.82, 2.24) is 0 Å². The summed E-state index contributed by atoms with van der Waals surface area (Å²) in [5.74, 6) is 0.233. The SMILES string of the molecule is CCCOc1cccc(/C(O)=C2\C(=O)C(=O)N(c3ccc4c(c3)OCO4)C2c2ccc(C(C)C)cc2)c1. The summed E-state index contributed by atoms with van der Waals surface area (Å²) in [7, 11) is 0. The number of ketones is 1. The molecule has 1 unspecified atom stereocenters. The van der Waals surface area contributed by atoms with Crippen LogP contribution >= 0.6 is 0 Å². The van der Waals surface area contributed by atoms with E-state index in [0.717, 1.165) is 12.0 Å². The highest BCUT2D eigenvalue weighted by Crippen LogP contribution is 2.45. The van der Waals surface area contributed by atoms with Crippen molar-refractivity contribution in [2.45, 2.75) is 39.2 Å². The van der Waals surface area contributed by atoms with Crippen LogP contribution in [0, 0.1) is 0 Å². The van der Waals surface area contributed by atoms with Crippen LogP contribution in [0.5, 0.6) is 17.2 Å². The lowest BCUT2D eigenvalue weighted by Crippen LogP contribution is -2.29. The molecule has 2 aliphatic rings. The number of hydrogen-bond donors (Lipinski definition) is 1. The highest BCUT2D eigenvalue weighted by Gasteiger charge is 2.47. The average Bonchev–Trinajstić information content (AvgIpc) is 3.49. The summed E-state index contributed by atoms with van der Waals surface area (Å²) in [5.41, 5.74) is 2.74. The van der Waals surface area contributed by atoms with Crippen LogP contribution in [-0.4, -0.2) is 30.2 Å². The van der Waals surface area contributed by atoms with Crippen LogP contribution in [0.4, 0.5) is 5.69 Å². The molecule has 0 radical (unpaired) electrons. The van der Waals surface area contributed by atoms with Crippen LogP contribution in [-0.2, 0) is 9.59 Å². The zero-order valence-corrected chi connectivity index (χ0v) is 21.1. The Labute approximate surface area is 215 Å². The maximum absolute atomic E-state index is 13.5. The number of carbonyl (C=O) groups is 2. The van der Waals surface area contributed by atoms with Crippen LogP contribution in [0.1, 0.15) is 55.8 Å². The van der Waals surface area contributed by atoms with E-state index >= 15 is 0 Å². The van der Waals surface area contributed by atoms with Gasteiger partial charge in [0.05, 0.1) is 18.2 Å². The normalized spacial score (nSPS) is 18.1. The molecule has 3 aromatic carbocycles. The van der Waals surface area contributed by atoms with Crippen molar-refractivity contribution in [1.29, 1.82) is 0 Å². The Kier molecular flexibility index (Phi) is 6.61. The smallest absolute Gasteiger partial charge is 0.300 e. The van der Waals surface area contributed by atoms with Gasteiger partial charge in [0.25, 0.3) is 11.7 Å². The Morgan fingerprint density at radius 3 is 2.51 bits per heavy atom. The van der Waals surface area contributed by atoms with Gasteiger partial charge in [-0.05, 0) is 47.7 Å². The Hall–Kier alpha value is -4.26. The number of aliphatic hydroxyl groups excluding tert-OH is 1. The third-order valence-corrected chi connectivity index (χ3v) is 6.58. The van der Waals surface area contributed by atoms with E-state index in [1.54, 1.807) is 42.5 Å². The van der Waals surface area contributed by atoms with Crippen LogP contribution in [0.2, 0.25) is 0 Å². The number of anilines is 1. The molecule has 37 heavy (non-hydrogen) atoms. The quantitative estimate of drug-likeness (QED) is 0.246. The van der Waals surface area contributed by atoms with Gasteiger partial charge in [-0.2, -0.15) is 0 Å². The van der Waals surface area contributed by atoms with Gasteiger partial charge < -0.3 is 19.3 Å². The minimum Gasteiger partial charge on any atom is -0.507 e. The Bertz CT molecular complexity index is 1380. The number of carbonyl (C=O) groups excluding carboxylic acids is 2. The number of ether oxygens (including phenoxy) is 3. The van der Waals surface area contributed by atoms with E-state index in [1.807, 2.05) is 31.2 Å². The molecule has 2 aliphatic heterocycles. The molecule has 0 spiro atoms. The Morgan fingerprint density at radius 2 is 1.78 bits per heavy atom. The summed E-state index contributed by atoms with van der Waals surface area (Å²) >= 11 is 0. The van der Waals surface area contributed by atoms with Crippen LogP contribution < -0.4 is 19.1 Å². The van der Waals surface area contributed by atoms with Crippen molar-refractivity contribution < 1.29 is 28.9 Å². The Balaban J connectivity index is 1.65. The van der Waals surface area contributed by atoms with Gasteiger partial charge >= 0.3 is 0 Å². The highest BCUT2D eigenvalue weighted by atomic mass is 16.7. The number of Topliss-reactive ketones (excluding diaryl/α,β-unsaturated/α-hetero) is 1. The summed E-state index contributed by atoms with van der Waals surface area (Å²) in [6, 6.07) is 19.0. The summed E-state index contributed by atoms with van der Waals surface area (Å²) in [5, 5.41) is 11.4. The van der Waals surface area contributed by atoms with Gasteiger partial charge in [-0.1, -0.05) is 57.2 Å². The van der Waals surface area contributed by atoms with Gasteiger partial charge in [-0.3, -0.25) is 14.5 Å². The lowest BCUT2D eigenvalue weighted by Gasteiger charge is -2.26. The van der Waals surface area contributed by atoms with Crippen molar-refractivity contribution in [2.75, 3.05) is 18.3 Å². The molecular formula is C30H29NO6. The van der Waals surface area contributed by atoms with E-state index < -0.39 is 17.7 Å². The molecular weight excluding hydrogens is 470 g/mol. The molecule has 1 fully saturated rings. The number of nitrogens with zero attached hydrogens (tertiary/aromatic N) is 1. The first-order chi connectivity index (χ1) is 17.9. The second-order valence-electron chi connectivity index (χ2n) is 9.40. The van der Waals surface area contributed by atoms with Gasteiger partial charge in [0, 0.05) is 17.3 Å². The fraction of sp³-hybridized carbons (Fsp3) is 0.267. The van der Waals surface area contributed by atoms with E-state index in [4.69, 9.17) is 14.2 Å². The number of benzene rings is 3. The van der Waals surface area contributed by atoms with Gasteiger partial charge in [-0.25, -0.2) is 0 Å². The maximum atomic E-state index is 13.5. The molecule has 1 saturated heterocycles. The van der Waals surface area contributed by atoms with Crippen molar-refractivity contribution in [3.63, 3.8) is 0 Å². The highest BCUT2D eigenvalue weighted by molar-refractivity contribution is 6.51. The van der Waals surface area contributed by atoms with Crippen LogP contribution in [0.15, 0.2) is 72.3 Å². The predicted molar refractivity (Wildman–Crippen MR) is 140 cm³/mol. The van der Waals surface area contributed by atoms with Gasteiger partial charge in [0.15, 0.2) is 11.5 Å². The molecule has 7 heteroatoms. The minimum atomic E-state index is -0.832. The van der Waals surface area contributed by atoms with E-state index in [0.29, 0.717) is 46.6 Å². The zero-order valence-electron chi connectivity index (χ0n) is 21.1.